The Balaban J connectivity index is 2.10. The molecule has 0 bridgehead atoms. The third-order valence-electron chi connectivity index (χ3n) is 4.31. The van der Waals surface area contributed by atoms with Gasteiger partial charge in [0.25, 0.3) is 0 Å². The van der Waals surface area contributed by atoms with Crippen LogP contribution in [0.25, 0.3) is 0 Å². The third-order valence-corrected chi connectivity index (χ3v) is 4.54. The molecule has 0 radical (unpaired) electrons. The summed E-state index contributed by atoms with van der Waals surface area (Å²) < 4.78 is 6.06. The Morgan fingerprint density at radius 1 is 1.09 bits per heavy atom. The van der Waals surface area contributed by atoms with Crippen molar-refractivity contribution in [2.45, 2.75) is 52.8 Å². The first-order valence-corrected chi connectivity index (χ1v) is 8.50. The van der Waals surface area contributed by atoms with E-state index in [-0.39, 0.29) is 5.54 Å². The van der Waals surface area contributed by atoms with E-state index in [0.717, 1.165) is 29.3 Å². The van der Waals surface area contributed by atoms with Crippen LogP contribution in [0.5, 0.6) is 5.75 Å². The summed E-state index contributed by atoms with van der Waals surface area (Å²) in [7, 11) is 0. The maximum atomic E-state index is 6.16. The van der Waals surface area contributed by atoms with Gasteiger partial charge in [-0.05, 0) is 56.5 Å². The first-order valence-electron chi connectivity index (χ1n) is 8.12. The second kappa shape index (κ2) is 7.85. The van der Waals surface area contributed by atoms with Crippen molar-refractivity contribution in [3.05, 3.63) is 64.2 Å². The van der Waals surface area contributed by atoms with E-state index < -0.39 is 0 Å². The normalized spacial score (nSPS) is 11.5. The van der Waals surface area contributed by atoms with E-state index in [2.05, 4.69) is 45.1 Å². The van der Waals surface area contributed by atoms with Gasteiger partial charge >= 0.3 is 0 Å². The van der Waals surface area contributed by atoms with E-state index in [1.165, 1.54) is 11.1 Å². The van der Waals surface area contributed by atoms with Crippen molar-refractivity contribution in [1.29, 1.82) is 0 Å². The molecule has 0 spiro atoms. The predicted molar refractivity (Wildman–Crippen MR) is 98.2 cm³/mol. The van der Waals surface area contributed by atoms with Gasteiger partial charge in [-0.25, -0.2) is 0 Å². The van der Waals surface area contributed by atoms with Gasteiger partial charge in [0.1, 0.15) is 12.4 Å². The molecule has 0 amide bonds. The van der Waals surface area contributed by atoms with Gasteiger partial charge in [-0.1, -0.05) is 42.8 Å². The van der Waals surface area contributed by atoms with Crippen LogP contribution in [0.4, 0.5) is 0 Å². The van der Waals surface area contributed by atoms with Crippen LogP contribution in [-0.2, 0) is 13.2 Å². The summed E-state index contributed by atoms with van der Waals surface area (Å²) in [6, 6.07) is 14.1. The molecule has 0 atom stereocenters. The van der Waals surface area contributed by atoms with Gasteiger partial charge in [0.05, 0.1) is 0 Å². The molecule has 1 N–H and O–H groups in total. The number of ether oxygens (including phenoxy) is 1. The fourth-order valence-corrected chi connectivity index (χ4v) is 2.41. The Morgan fingerprint density at radius 3 is 2.52 bits per heavy atom. The lowest BCUT2D eigenvalue weighted by molar-refractivity contribution is 0.298. The number of hydrogen-bond donors (Lipinski definition) is 1. The molecule has 0 saturated heterocycles. The highest BCUT2D eigenvalue weighted by Crippen LogP contribution is 2.25. The van der Waals surface area contributed by atoms with Gasteiger partial charge < -0.3 is 10.1 Å². The van der Waals surface area contributed by atoms with Crippen LogP contribution in [0, 0.1) is 6.92 Å². The molecule has 2 aromatic rings. The Kier molecular flexibility index (Phi) is 6.09. The van der Waals surface area contributed by atoms with Crippen LogP contribution in [-0.4, -0.2) is 5.54 Å². The van der Waals surface area contributed by atoms with Crippen molar-refractivity contribution in [2.24, 2.45) is 0 Å². The number of halogens is 1. The zero-order valence-corrected chi connectivity index (χ0v) is 15.2. The molecule has 124 valence electrons. The Morgan fingerprint density at radius 2 is 1.83 bits per heavy atom. The highest BCUT2D eigenvalue weighted by Gasteiger charge is 2.15. The van der Waals surface area contributed by atoms with Crippen LogP contribution >= 0.6 is 11.6 Å². The maximum Gasteiger partial charge on any atom is 0.124 e. The summed E-state index contributed by atoms with van der Waals surface area (Å²) in [4.78, 5) is 0. The number of nitrogens with one attached hydrogen (secondary N) is 1. The molecule has 0 fully saturated rings. The van der Waals surface area contributed by atoms with Crippen LogP contribution in [0.2, 0.25) is 5.02 Å². The summed E-state index contributed by atoms with van der Waals surface area (Å²) in [5.41, 5.74) is 3.63. The predicted octanol–water partition coefficient (Wildman–Crippen LogP) is 5.51. The topological polar surface area (TPSA) is 21.3 Å². The molecule has 23 heavy (non-hydrogen) atoms. The Hall–Kier alpha value is -1.51. The zero-order valence-electron chi connectivity index (χ0n) is 14.4. The van der Waals surface area contributed by atoms with Crippen molar-refractivity contribution in [3.63, 3.8) is 0 Å². The fourth-order valence-electron chi connectivity index (χ4n) is 2.21. The summed E-state index contributed by atoms with van der Waals surface area (Å²) in [5.74, 6) is 0.886. The lowest BCUT2D eigenvalue weighted by atomic mass is 10.0. The molecule has 0 aliphatic carbocycles. The van der Waals surface area contributed by atoms with Gasteiger partial charge in [0.2, 0.25) is 0 Å². The lowest BCUT2D eigenvalue weighted by Gasteiger charge is -2.25. The van der Waals surface area contributed by atoms with Crippen LogP contribution in [0.1, 0.15) is 43.9 Å². The number of benzene rings is 2. The number of hydrogen-bond acceptors (Lipinski definition) is 2. The SMILES string of the molecule is CCC(C)(C)NCc1cc(Cl)ccc1OCc1ccccc1C. The molecule has 2 rings (SSSR count). The van der Waals surface area contributed by atoms with Crippen molar-refractivity contribution < 1.29 is 4.74 Å². The summed E-state index contributed by atoms with van der Waals surface area (Å²) in [5, 5.41) is 4.30. The maximum absolute atomic E-state index is 6.16. The van der Waals surface area contributed by atoms with E-state index >= 15 is 0 Å². The summed E-state index contributed by atoms with van der Waals surface area (Å²) in [6.07, 6.45) is 1.06. The third kappa shape index (κ3) is 5.26. The number of rotatable bonds is 7. The highest BCUT2D eigenvalue weighted by atomic mass is 35.5. The minimum Gasteiger partial charge on any atom is -0.489 e. The molecule has 3 heteroatoms. The monoisotopic (exact) mass is 331 g/mol. The number of aryl methyl sites for hydroxylation is 1. The van der Waals surface area contributed by atoms with E-state index in [1.54, 1.807) is 0 Å². The minimum atomic E-state index is 0.0929. The van der Waals surface area contributed by atoms with E-state index in [0.29, 0.717) is 6.61 Å². The summed E-state index contributed by atoms with van der Waals surface area (Å²) >= 11 is 6.16. The first-order chi connectivity index (χ1) is 10.9. The minimum absolute atomic E-state index is 0.0929. The van der Waals surface area contributed by atoms with E-state index in [4.69, 9.17) is 16.3 Å². The molecular formula is C20H26ClNO. The van der Waals surface area contributed by atoms with Crippen LogP contribution in [0.15, 0.2) is 42.5 Å². The van der Waals surface area contributed by atoms with Crippen molar-refractivity contribution in [2.75, 3.05) is 0 Å². The van der Waals surface area contributed by atoms with Crippen LogP contribution in [0.3, 0.4) is 0 Å². The molecular weight excluding hydrogens is 306 g/mol. The van der Waals surface area contributed by atoms with Crippen molar-refractivity contribution >= 4 is 11.6 Å². The van der Waals surface area contributed by atoms with Crippen molar-refractivity contribution in [1.82, 2.24) is 5.32 Å². The molecule has 0 aliphatic heterocycles. The lowest BCUT2D eigenvalue weighted by Crippen LogP contribution is -2.37. The van der Waals surface area contributed by atoms with E-state index in [9.17, 15) is 0 Å². The largest absolute Gasteiger partial charge is 0.489 e. The zero-order chi connectivity index (χ0) is 16.9. The molecule has 0 aliphatic rings. The molecule has 0 aromatic heterocycles. The van der Waals surface area contributed by atoms with Gasteiger partial charge in [-0.15, -0.1) is 0 Å². The molecule has 2 aromatic carbocycles. The summed E-state index contributed by atoms with van der Waals surface area (Å²) in [6.45, 7) is 9.99. The smallest absolute Gasteiger partial charge is 0.124 e. The fraction of sp³-hybridized carbons (Fsp3) is 0.400. The Labute approximate surface area is 144 Å². The van der Waals surface area contributed by atoms with Gasteiger partial charge in [0, 0.05) is 22.7 Å². The molecule has 0 saturated carbocycles. The second-order valence-corrected chi connectivity index (χ2v) is 6.99. The second-order valence-electron chi connectivity index (χ2n) is 6.56. The molecule has 0 heterocycles. The quantitative estimate of drug-likeness (QED) is 0.722. The van der Waals surface area contributed by atoms with Crippen LogP contribution < -0.4 is 10.1 Å². The highest BCUT2D eigenvalue weighted by molar-refractivity contribution is 6.30. The molecule has 2 nitrogen and oxygen atoms in total. The van der Waals surface area contributed by atoms with Gasteiger partial charge in [-0.3, -0.25) is 0 Å². The van der Waals surface area contributed by atoms with Gasteiger partial charge in [-0.2, -0.15) is 0 Å². The Bertz CT molecular complexity index is 652. The average Bonchev–Trinajstić information content (AvgIpc) is 2.53. The average molecular weight is 332 g/mol. The standard InChI is InChI=1S/C20H26ClNO/c1-5-20(3,4)22-13-17-12-18(21)10-11-19(17)23-14-16-9-7-6-8-15(16)2/h6-12,22H,5,13-14H2,1-4H3. The first kappa shape index (κ1) is 17.8. The van der Waals surface area contributed by atoms with Crippen molar-refractivity contribution in [3.8, 4) is 5.75 Å². The molecule has 0 unspecified atom stereocenters. The van der Waals surface area contributed by atoms with Gasteiger partial charge in [0.15, 0.2) is 0 Å². The van der Waals surface area contributed by atoms with E-state index in [1.807, 2.05) is 30.3 Å².